The molecule has 0 N–H and O–H groups in total. The Balaban J connectivity index is 1.89. The lowest BCUT2D eigenvalue weighted by Gasteiger charge is -2.41. The molecule has 0 aromatic rings. The molecule has 1 heterocycles. The van der Waals surface area contributed by atoms with Crippen LogP contribution in [-0.2, 0) is 19.1 Å². The second kappa shape index (κ2) is 4.66. The van der Waals surface area contributed by atoms with Crippen molar-refractivity contribution in [1.29, 1.82) is 0 Å². The molecule has 2 bridgehead atoms. The number of ether oxygens (including phenoxy) is 2. The van der Waals surface area contributed by atoms with E-state index in [4.69, 9.17) is 9.47 Å². The van der Waals surface area contributed by atoms with Crippen molar-refractivity contribution >= 4 is 11.9 Å². The predicted octanol–water partition coefficient (Wildman–Crippen LogP) is 1.94. The molecule has 0 aromatic carbocycles. The number of carbonyl (C=O) groups excluding carboxylic acids is 2. The monoisotopic (exact) mass is 264 g/mol. The lowest BCUT2D eigenvalue weighted by Crippen LogP contribution is -2.45. The van der Waals surface area contributed by atoms with Crippen molar-refractivity contribution in [3.8, 4) is 0 Å². The summed E-state index contributed by atoms with van der Waals surface area (Å²) < 4.78 is 10.7. The third kappa shape index (κ3) is 1.97. The summed E-state index contributed by atoms with van der Waals surface area (Å²) in [6.45, 7) is 4.26. The maximum absolute atomic E-state index is 12.2. The fourth-order valence-electron chi connectivity index (χ4n) is 3.96. The normalized spacial score (nSPS) is 43.6. The molecule has 0 aromatic heterocycles. The molecule has 0 radical (unpaired) electrons. The maximum atomic E-state index is 12.2. The lowest BCUT2D eigenvalue weighted by atomic mass is 9.62. The van der Waals surface area contributed by atoms with Gasteiger partial charge < -0.3 is 9.47 Å². The topological polar surface area (TPSA) is 52.6 Å². The van der Waals surface area contributed by atoms with Gasteiger partial charge in [-0.15, -0.1) is 0 Å². The molecule has 0 spiro atoms. The Kier molecular flexibility index (Phi) is 3.11. The van der Waals surface area contributed by atoms with E-state index in [2.05, 4.69) is 12.2 Å². The number of carbonyl (C=O) groups is 2. The van der Waals surface area contributed by atoms with E-state index in [0.29, 0.717) is 6.61 Å². The van der Waals surface area contributed by atoms with Crippen LogP contribution in [0.25, 0.3) is 0 Å². The zero-order chi connectivity index (χ0) is 13.6. The minimum atomic E-state index is -0.174. The van der Waals surface area contributed by atoms with Crippen molar-refractivity contribution in [3.63, 3.8) is 0 Å². The zero-order valence-electron chi connectivity index (χ0n) is 11.4. The van der Waals surface area contributed by atoms with Gasteiger partial charge in [0.1, 0.15) is 6.10 Å². The van der Waals surface area contributed by atoms with Crippen LogP contribution in [0.1, 0.15) is 26.7 Å². The summed E-state index contributed by atoms with van der Waals surface area (Å²) in [6, 6.07) is 0. The summed E-state index contributed by atoms with van der Waals surface area (Å²) in [5.41, 5.74) is 0. The van der Waals surface area contributed by atoms with Gasteiger partial charge in [-0.05, 0) is 31.6 Å². The SMILES string of the molecule is CCOC(=O)[C@@H]1[C@H]2[C@@H]3C[C@H](C[C@@H]2C=C[C@@H]1C)C(=O)O3. The van der Waals surface area contributed by atoms with Gasteiger partial charge in [0.15, 0.2) is 0 Å². The number of hydrogen-bond acceptors (Lipinski definition) is 4. The molecule has 1 aliphatic heterocycles. The van der Waals surface area contributed by atoms with Crippen LogP contribution in [0, 0.1) is 29.6 Å². The molecule has 3 rings (SSSR count). The quantitative estimate of drug-likeness (QED) is 0.565. The molecule has 4 nitrogen and oxygen atoms in total. The Hall–Kier alpha value is -1.32. The first-order chi connectivity index (χ1) is 9.11. The average Bonchev–Trinajstić information content (AvgIpc) is 2.67. The van der Waals surface area contributed by atoms with Gasteiger partial charge in [-0.1, -0.05) is 19.1 Å². The van der Waals surface area contributed by atoms with Crippen molar-refractivity contribution in [2.45, 2.75) is 32.8 Å². The smallest absolute Gasteiger partial charge is 0.309 e. The van der Waals surface area contributed by atoms with Gasteiger partial charge in [-0.2, -0.15) is 0 Å². The number of rotatable bonds is 2. The molecular weight excluding hydrogens is 244 g/mol. The van der Waals surface area contributed by atoms with Crippen LogP contribution in [0.5, 0.6) is 0 Å². The summed E-state index contributed by atoms with van der Waals surface area (Å²) in [5.74, 6) is 0.163. The van der Waals surface area contributed by atoms with Gasteiger partial charge in [0.2, 0.25) is 0 Å². The Morgan fingerprint density at radius 3 is 2.95 bits per heavy atom. The second-order valence-electron chi connectivity index (χ2n) is 5.91. The van der Waals surface area contributed by atoms with Crippen molar-refractivity contribution < 1.29 is 19.1 Å². The van der Waals surface area contributed by atoms with E-state index in [-0.39, 0.29) is 47.6 Å². The number of fused-ring (bicyclic) bond motifs is 4. The van der Waals surface area contributed by atoms with Crippen molar-refractivity contribution in [1.82, 2.24) is 0 Å². The highest BCUT2D eigenvalue weighted by Gasteiger charge is 2.54. The van der Waals surface area contributed by atoms with E-state index in [0.717, 1.165) is 12.8 Å². The first-order valence-electron chi connectivity index (χ1n) is 7.17. The fourth-order valence-corrected chi connectivity index (χ4v) is 3.96. The second-order valence-corrected chi connectivity index (χ2v) is 5.91. The lowest BCUT2D eigenvalue weighted by molar-refractivity contribution is -0.158. The van der Waals surface area contributed by atoms with Crippen molar-refractivity contribution in [2.75, 3.05) is 6.61 Å². The third-order valence-corrected chi connectivity index (χ3v) is 4.80. The highest BCUT2D eigenvalue weighted by atomic mass is 16.6. The molecule has 4 heteroatoms. The Morgan fingerprint density at radius 2 is 2.21 bits per heavy atom. The maximum Gasteiger partial charge on any atom is 0.309 e. The largest absolute Gasteiger partial charge is 0.466 e. The first-order valence-corrected chi connectivity index (χ1v) is 7.17. The Morgan fingerprint density at radius 1 is 1.42 bits per heavy atom. The molecule has 19 heavy (non-hydrogen) atoms. The van der Waals surface area contributed by atoms with Crippen molar-refractivity contribution in [2.24, 2.45) is 29.6 Å². The van der Waals surface area contributed by atoms with Gasteiger partial charge in [0.25, 0.3) is 0 Å². The number of esters is 2. The molecular formula is C15H20O4. The summed E-state index contributed by atoms with van der Waals surface area (Å²) >= 11 is 0. The third-order valence-electron chi connectivity index (χ3n) is 4.80. The van der Waals surface area contributed by atoms with Crippen LogP contribution in [0.15, 0.2) is 12.2 Å². The van der Waals surface area contributed by atoms with Gasteiger partial charge in [0.05, 0.1) is 18.4 Å². The number of hydrogen-bond donors (Lipinski definition) is 0. The van der Waals surface area contributed by atoms with Crippen LogP contribution in [0.2, 0.25) is 0 Å². The van der Waals surface area contributed by atoms with Crippen LogP contribution in [-0.4, -0.2) is 24.6 Å². The molecule has 2 fully saturated rings. The zero-order valence-corrected chi connectivity index (χ0v) is 11.4. The fraction of sp³-hybridized carbons (Fsp3) is 0.733. The van der Waals surface area contributed by atoms with Gasteiger partial charge in [0, 0.05) is 5.92 Å². The predicted molar refractivity (Wildman–Crippen MR) is 68.0 cm³/mol. The summed E-state index contributed by atoms with van der Waals surface area (Å²) in [7, 11) is 0. The molecule has 0 unspecified atom stereocenters. The molecule has 0 amide bonds. The molecule has 2 aliphatic carbocycles. The molecule has 1 saturated heterocycles. The Bertz CT molecular complexity index is 428. The standard InChI is InChI=1S/C15H20O4/c1-3-18-15(17)12-8(2)4-5-9-6-10-7-11(13(9)12)19-14(10)16/h4-5,8-13H,3,6-7H2,1-2H3/t8-,9-,10-,11-,12-,13+/m0/s1. The number of allylic oxidation sites excluding steroid dienone is 2. The van der Waals surface area contributed by atoms with E-state index < -0.39 is 0 Å². The van der Waals surface area contributed by atoms with Gasteiger partial charge >= 0.3 is 11.9 Å². The molecule has 1 saturated carbocycles. The van der Waals surface area contributed by atoms with E-state index in [1.54, 1.807) is 0 Å². The highest BCUT2D eigenvalue weighted by molar-refractivity contribution is 5.77. The minimum absolute atomic E-state index is 0.0344. The van der Waals surface area contributed by atoms with Gasteiger partial charge in [-0.3, -0.25) is 9.59 Å². The summed E-state index contributed by atoms with van der Waals surface area (Å²) in [5, 5.41) is 0. The summed E-state index contributed by atoms with van der Waals surface area (Å²) in [6.07, 6.45) is 5.76. The molecule has 104 valence electrons. The van der Waals surface area contributed by atoms with E-state index in [1.165, 1.54) is 0 Å². The van der Waals surface area contributed by atoms with Crippen LogP contribution in [0.4, 0.5) is 0 Å². The van der Waals surface area contributed by atoms with Crippen LogP contribution >= 0.6 is 0 Å². The van der Waals surface area contributed by atoms with Crippen molar-refractivity contribution in [3.05, 3.63) is 12.2 Å². The highest BCUT2D eigenvalue weighted by Crippen LogP contribution is 2.49. The Labute approximate surface area is 113 Å². The van der Waals surface area contributed by atoms with Crippen LogP contribution < -0.4 is 0 Å². The molecule has 3 aliphatic rings. The summed E-state index contributed by atoms with van der Waals surface area (Å²) in [4.78, 5) is 23.9. The van der Waals surface area contributed by atoms with Gasteiger partial charge in [-0.25, -0.2) is 0 Å². The average molecular weight is 264 g/mol. The molecule has 6 atom stereocenters. The minimum Gasteiger partial charge on any atom is -0.466 e. The van der Waals surface area contributed by atoms with Crippen LogP contribution in [0.3, 0.4) is 0 Å². The van der Waals surface area contributed by atoms with E-state index in [9.17, 15) is 9.59 Å². The first kappa shape index (κ1) is 12.7. The van der Waals surface area contributed by atoms with E-state index >= 15 is 0 Å². The van der Waals surface area contributed by atoms with E-state index in [1.807, 2.05) is 13.8 Å².